The molecule has 2 aromatic carbocycles. The molecule has 0 radical (unpaired) electrons. The van der Waals surface area contributed by atoms with Crippen LogP contribution in [0.5, 0.6) is 11.5 Å². The number of ether oxygens (including phenoxy) is 3. The van der Waals surface area contributed by atoms with Gasteiger partial charge in [0.1, 0.15) is 35.8 Å². The lowest BCUT2D eigenvalue weighted by molar-refractivity contribution is -0.141. The zero-order valence-corrected chi connectivity index (χ0v) is 25.2. The molecule has 2 fully saturated rings. The fourth-order valence-corrected chi connectivity index (χ4v) is 5.86. The lowest BCUT2D eigenvalue weighted by Crippen LogP contribution is -2.57. The van der Waals surface area contributed by atoms with E-state index in [0.717, 1.165) is 36.6 Å². The number of pyridine rings is 1. The summed E-state index contributed by atoms with van der Waals surface area (Å²) in [5.41, 5.74) is 7.46. The van der Waals surface area contributed by atoms with Crippen molar-refractivity contribution in [3.05, 3.63) is 54.6 Å². The smallest absolute Gasteiger partial charge is 0.408 e. The van der Waals surface area contributed by atoms with Crippen LogP contribution in [-0.4, -0.2) is 65.7 Å². The van der Waals surface area contributed by atoms with Gasteiger partial charge in [-0.15, -0.1) is 0 Å². The van der Waals surface area contributed by atoms with Gasteiger partial charge in [0.2, 0.25) is 11.8 Å². The quantitative estimate of drug-likeness (QED) is 0.385. The van der Waals surface area contributed by atoms with Crippen molar-refractivity contribution in [3.63, 3.8) is 0 Å². The third-order valence-electron chi connectivity index (χ3n) is 8.17. The summed E-state index contributed by atoms with van der Waals surface area (Å²) in [5.74, 6) is 0.199. The Labute approximate surface area is 251 Å². The number of likely N-dealkylation sites (tertiary alicyclic amines) is 1. The van der Waals surface area contributed by atoms with Crippen LogP contribution in [-0.2, 0) is 14.3 Å². The van der Waals surface area contributed by atoms with E-state index < -0.39 is 41.5 Å². The van der Waals surface area contributed by atoms with Crippen LogP contribution in [0.15, 0.2) is 54.6 Å². The molecule has 228 valence electrons. The molecule has 2 aliphatic rings. The standard InChI is InChI=1S/C33H40N4O6/c1-33(2,3)29(36-32(40)43-21-12-8-9-13-21)31(39)37-19-23(17-27(37)30(34)38)42-28-18-25(20-10-6-5-7-11-20)35-26-16-22(41-4)14-15-24(26)28/h5-7,10-11,14-16,18,21,23,27,29H,8-9,12-13,17,19H2,1-4H3,(H2,34,38)(H,36,40)/t23-,27+,29-/m1/s1. The Balaban J connectivity index is 1.41. The van der Waals surface area contributed by atoms with Crippen molar-refractivity contribution in [1.82, 2.24) is 15.2 Å². The molecular formula is C33H40N4O6. The second kappa shape index (κ2) is 12.5. The summed E-state index contributed by atoms with van der Waals surface area (Å²) in [7, 11) is 1.60. The molecule has 0 bridgehead atoms. The molecule has 1 aliphatic heterocycles. The maximum absolute atomic E-state index is 14.0. The number of aromatic nitrogens is 1. The Morgan fingerprint density at radius 2 is 1.74 bits per heavy atom. The number of methoxy groups -OCH3 is 1. The third-order valence-corrected chi connectivity index (χ3v) is 8.17. The number of primary amides is 1. The van der Waals surface area contributed by atoms with E-state index in [2.05, 4.69) is 5.32 Å². The van der Waals surface area contributed by atoms with Crippen LogP contribution in [0.4, 0.5) is 4.79 Å². The number of nitrogens with two attached hydrogens (primary N) is 1. The number of alkyl carbamates (subject to hydrolysis) is 1. The molecule has 5 rings (SSSR count). The Kier molecular flexibility index (Phi) is 8.75. The molecule has 1 aliphatic carbocycles. The highest BCUT2D eigenvalue weighted by Crippen LogP contribution is 2.35. The summed E-state index contributed by atoms with van der Waals surface area (Å²) in [6.45, 7) is 5.70. The van der Waals surface area contributed by atoms with Crippen LogP contribution >= 0.6 is 0 Å². The molecule has 10 nitrogen and oxygen atoms in total. The van der Waals surface area contributed by atoms with Crippen LogP contribution in [0.3, 0.4) is 0 Å². The number of carbonyl (C=O) groups is 3. The van der Waals surface area contributed by atoms with E-state index in [0.29, 0.717) is 22.7 Å². The van der Waals surface area contributed by atoms with Crippen LogP contribution in [0, 0.1) is 5.41 Å². The summed E-state index contributed by atoms with van der Waals surface area (Å²) in [4.78, 5) is 45.6. The minimum atomic E-state index is -0.930. The van der Waals surface area contributed by atoms with E-state index in [9.17, 15) is 14.4 Å². The molecule has 3 amide bonds. The van der Waals surface area contributed by atoms with Gasteiger partial charge in [-0.05, 0) is 43.2 Å². The van der Waals surface area contributed by atoms with Gasteiger partial charge >= 0.3 is 6.09 Å². The van der Waals surface area contributed by atoms with E-state index >= 15 is 0 Å². The summed E-state index contributed by atoms with van der Waals surface area (Å²) in [6, 6.07) is 15.4. The highest BCUT2D eigenvalue weighted by Gasteiger charge is 2.45. The Morgan fingerprint density at radius 1 is 1.02 bits per heavy atom. The zero-order chi connectivity index (χ0) is 30.7. The first-order valence-electron chi connectivity index (χ1n) is 14.8. The van der Waals surface area contributed by atoms with Crippen molar-refractivity contribution < 1.29 is 28.6 Å². The van der Waals surface area contributed by atoms with Crippen LogP contribution in [0.1, 0.15) is 52.9 Å². The predicted octanol–water partition coefficient (Wildman–Crippen LogP) is 4.83. The zero-order valence-electron chi connectivity index (χ0n) is 25.2. The number of hydrogen-bond donors (Lipinski definition) is 2. The molecule has 0 spiro atoms. The van der Waals surface area contributed by atoms with Gasteiger partial charge in [-0.25, -0.2) is 9.78 Å². The molecule has 0 unspecified atom stereocenters. The Bertz CT molecular complexity index is 1480. The first-order chi connectivity index (χ1) is 20.5. The maximum atomic E-state index is 14.0. The van der Waals surface area contributed by atoms with Gasteiger partial charge < -0.3 is 30.2 Å². The molecule has 10 heteroatoms. The number of hydrogen-bond acceptors (Lipinski definition) is 7. The Morgan fingerprint density at radius 3 is 2.40 bits per heavy atom. The van der Waals surface area contributed by atoms with Crippen LogP contribution < -0.4 is 20.5 Å². The van der Waals surface area contributed by atoms with Crippen molar-refractivity contribution in [3.8, 4) is 22.8 Å². The van der Waals surface area contributed by atoms with E-state index in [1.54, 1.807) is 7.11 Å². The summed E-state index contributed by atoms with van der Waals surface area (Å²) in [6.07, 6.45) is 2.58. The van der Waals surface area contributed by atoms with Gasteiger partial charge in [0.25, 0.3) is 0 Å². The first-order valence-corrected chi connectivity index (χ1v) is 14.8. The van der Waals surface area contributed by atoms with Gasteiger partial charge in [-0.1, -0.05) is 51.1 Å². The van der Waals surface area contributed by atoms with E-state index in [4.69, 9.17) is 24.9 Å². The number of nitrogens with one attached hydrogen (secondary N) is 1. The average molecular weight is 589 g/mol. The molecule has 2 heterocycles. The first kappa shape index (κ1) is 30.1. The van der Waals surface area contributed by atoms with Gasteiger partial charge in [-0.3, -0.25) is 9.59 Å². The number of fused-ring (bicyclic) bond motifs is 1. The van der Waals surface area contributed by atoms with Crippen LogP contribution in [0.25, 0.3) is 22.2 Å². The SMILES string of the molecule is COc1ccc2c(O[C@@H]3C[C@@H](C(N)=O)N(C(=O)[C@@H](NC(=O)OC4CCCC4)C(C)(C)C)C3)cc(-c3ccccc3)nc2c1. The Hall–Kier alpha value is -4.34. The van der Waals surface area contributed by atoms with Gasteiger partial charge in [-0.2, -0.15) is 0 Å². The number of benzene rings is 2. The molecule has 3 atom stereocenters. The normalized spacial score (nSPS) is 19.7. The van der Waals surface area contributed by atoms with E-state index in [1.807, 2.05) is 75.4 Å². The van der Waals surface area contributed by atoms with Crippen molar-refractivity contribution in [1.29, 1.82) is 0 Å². The summed E-state index contributed by atoms with van der Waals surface area (Å²) < 4.78 is 17.5. The topological polar surface area (TPSA) is 133 Å². The molecule has 1 saturated carbocycles. The van der Waals surface area contributed by atoms with Gasteiger partial charge in [0.15, 0.2) is 0 Å². The minimum Gasteiger partial charge on any atom is -0.497 e. The molecule has 1 saturated heterocycles. The van der Waals surface area contributed by atoms with Gasteiger partial charge in [0, 0.05) is 29.5 Å². The molecule has 3 aromatic rings. The lowest BCUT2D eigenvalue weighted by atomic mass is 9.85. The number of rotatable bonds is 8. The molecule has 43 heavy (non-hydrogen) atoms. The second-order valence-corrected chi connectivity index (χ2v) is 12.4. The fourth-order valence-electron chi connectivity index (χ4n) is 5.86. The fraction of sp³-hybridized carbons (Fsp3) is 0.455. The maximum Gasteiger partial charge on any atom is 0.408 e. The molecule has 1 aromatic heterocycles. The number of nitrogens with zero attached hydrogens (tertiary/aromatic N) is 2. The second-order valence-electron chi connectivity index (χ2n) is 12.4. The number of amides is 3. The van der Waals surface area contributed by atoms with E-state index in [1.165, 1.54) is 4.90 Å². The van der Waals surface area contributed by atoms with Crippen molar-refractivity contribution in [2.24, 2.45) is 11.1 Å². The summed E-state index contributed by atoms with van der Waals surface area (Å²) in [5, 5.41) is 3.55. The van der Waals surface area contributed by atoms with Crippen molar-refractivity contribution in [2.45, 2.75) is 77.2 Å². The monoisotopic (exact) mass is 588 g/mol. The largest absolute Gasteiger partial charge is 0.497 e. The average Bonchev–Trinajstić information content (AvgIpc) is 3.65. The van der Waals surface area contributed by atoms with E-state index in [-0.39, 0.29) is 19.1 Å². The highest BCUT2D eigenvalue weighted by atomic mass is 16.6. The minimum absolute atomic E-state index is 0.124. The third kappa shape index (κ3) is 6.84. The molecular weight excluding hydrogens is 548 g/mol. The van der Waals surface area contributed by atoms with Crippen LogP contribution in [0.2, 0.25) is 0 Å². The molecule has 3 N–H and O–H groups in total. The summed E-state index contributed by atoms with van der Waals surface area (Å²) >= 11 is 0. The highest BCUT2D eigenvalue weighted by molar-refractivity contribution is 5.92. The van der Waals surface area contributed by atoms with Crippen molar-refractivity contribution in [2.75, 3.05) is 13.7 Å². The predicted molar refractivity (Wildman–Crippen MR) is 163 cm³/mol. The van der Waals surface area contributed by atoms with Gasteiger partial charge in [0.05, 0.1) is 24.9 Å². The lowest BCUT2D eigenvalue weighted by Gasteiger charge is -2.34. The van der Waals surface area contributed by atoms with Crippen molar-refractivity contribution >= 4 is 28.8 Å². The number of carbonyl (C=O) groups excluding carboxylic acids is 3.